The van der Waals surface area contributed by atoms with E-state index in [2.05, 4.69) is 5.32 Å². The first-order valence-corrected chi connectivity index (χ1v) is 7.48. The highest BCUT2D eigenvalue weighted by Gasteiger charge is 2.57. The van der Waals surface area contributed by atoms with Crippen LogP contribution in [0.2, 0.25) is 0 Å². The molecule has 4 aliphatic rings. The highest BCUT2D eigenvalue weighted by atomic mass is 16.2. The Morgan fingerprint density at radius 1 is 1.28 bits per heavy atom. The lowest BCUT2D eigenvalue weighted by Gasteiger charge is -2.62. The van der Waals surface area contributed by atoms with Crippen LogP contribution < -0.4 is 11.1 Å². The van der Waals surface area contributed by atoms with Crippen LogP contribution in [0.25, 0.3) is 0 Å². The van der Waals surface area contributed by atoms with E-state index in [0.717, 1.165) is 24.8 Å². The predicted molar refractivity (Wildman–Crippen MR) is 71.9 cm³/mol. The average molecular weight is 250 g/mol. The molecule has 4 aliphatic carbocycles. The fraction of sp³-hybridized carbons (Fsp3) is 0.933. The molecule has 0 saturated heterocycles. The summed E-state index contributed by atoms with van der Waals surface area (Å²) in [7, 11) is 0. The Labute approximate surface area is 110 Å². The molecule has 0 aromatic heterocycles. The molecule has 4 fully saturated rings. The number of nitrogens with one attached hydrogen (secondary N) is 1. The number of carbonyl (C=O) groups is 1. The van der Waals surface area contributed by atoms with E-state index in [1.807, 2.05) is 13.8 Å². The van der Waals surface area contributed by atoms with Crippen LogP contribution in [0.4, 0.5) is 0 Å². The van der Waals surface area contributed by atoms with Crippen molar-refractivity contribution in [2.45, 2.75) is 57.9 Å². The minimum atomic E-state index is 0.0881. The van der Waals surface area contributed by atoms with Gasteiger partial charge in [0.15, 0.2) is 0 Å². The molecule has 4 rings (SSSR count). The fourth-order valence-corrected chi connectivity index (χ4v) is 5.24. The molecule has 0 aromatic rings. The second-order valence-electron chi connectivity index (χ2n) is 7.59. The van der Waals surface area contributed by atoms with Gasteiger partial charge in [0, 0.05) is 11.5 Å². The Morgan fingerprint density at radius 3 is 2.39 bits per heavy atom. The van der Waals surface area contributed by atoms with Crippen molar-refractivity contribution >= 4 is 5.91 Å². The minimum absolute atomic E-state index is 0.0881. The normalized spacial score (nSPS) is 45.6. The van der Waals surface area contributed by atoms with Crippen molar-refractivity contribution in [2.24, 2.45) is 28.9 Å². The van der Waals surface area contributed by atoms with Gasteiger partial charge < -0.3 is 11.1 Å². The zero-order valence-electron chi connectivity index (χ0n) is 11.7. The molecule has 0 aliphatic heterocycles. The molecule has 3 N–H and O–H groups in total. The highest BCUT2D eigenvalue weighted by molar-refractivity contribution is 5.78. The Balaban J connectivity index is 1.82. The maximum atomic E-state index is 12.1. The first kappa shape index (κ1) is 12.5. The number of nitrogens with two attached hydrogens (primary N) is 1. The predicted octanol–water partition coefficient (Wildman–Crippen LogP) is 2.06. The Bertz CT molecular complexity index is 350. The third kappa shape index (κ3) is 1.87. The highest BCUT2D eigenvalue weighted by Crippen LogP contribution is 2.61. The summed E-state index contributed by atoms with van der Waals surface area (Å²) >= 11 is 0. The summed E-state index contributed by atoms with van der Waals surface area (Å²) in [4.78, 5) is 12.1. The van der Waals surface area contributed by atoms with Crippen molar-refractivity contribution in [1.29, 1.82) is 0 Å². The summed E-state index contributed by atoms with van der Waals surface area (Å²) < 4.78 is 0. The van der Waals surface area contributed by atoms with Gasteiger partial charge in [-0.2, -0.15) is 0 Å². The van der Waals surface area contributed by atoms with Gasteiger partial charge in [-0.15, -0.1) is 0 Å². The van der Waals surface area contributed by atoms with Crippen LogP contribution in [0.3, 0.4) is 0 Å². The molecule has 102 valence electrons. The van der Waals surface area contributed by atoms with Crippen LogP contribution in [-0.2, 0) is 4.79 Å². The summed E-state index contributed by atoms with van der Waals surface area (Å²) in [5.74, 6) is 1.93. The number of rotatable bonds is 3. The van der Waals surface area contributed by atoms with Crippen molar-refractivity contribution < 1.29 is 4.79 Å². The van der Waals surface area contributed by atoms with E-state index < -0.39 is 0 Å². The largest absolute Gasteiger partial charge is 0.350 e. The Hall–Kier alpha value is -0.570. The van der Waals surface area contributed by atoms with E-state index in [9.17, 15) is 4.79 Å². The maximum absolute atomic E-state index is 12.1. The van der Waals surface area contributed by atoms with Crippen LogP contribution in [-0.4, -0.2) is 18.0 Å². The van der Waals surface area contributed by atoms with Gasteiger partial charge in [-0.3, -0.25) is 4.79 Å². The fourth-order valence-electron chi connectivity index (χ4n) is 5.24. The molecule has 1 amide bonds. The van der Waals surface area contributed by atoms with Gasteiger partial charge in [0.05, 0.1) is 0 Å². The van der Waals surface area contributed by atoms with E-state index in [4.69, 9.17) is 5.73 Å². The van der Waals surface area contributed by atoms with Crippen molar-refractivity contribution in [3.05, 3.63) is 0 Å². The SMILES string of the molecule is CC(C)C(=O)NC12CC3CC(CC(CN)(C3)C1)C2. The lowest BCUT2D eigenvalue weighted by atomic mass is 9.47. The molecule has 18 heavy (non-hydrogen) atoms. The third-order valence-electron chi connectivity index (χ3n) is 5.53. The summed E-state index contributed by atoms with van der Waals surface area (Å²) in [5.41, 5.74) is 6.49. The number of hydrogen-bond donors (Lipinski definition) is 2. The molecule has 2 unspecified atom stereocenters. The van der Waals surface area contributed by atoms with Crippen LogP contribution in [0, 0.1) is 23.2 Å². The smallest absolute Gasteiger partial charge is 0.222 e. The van der Waals surface area contributed by atoms with Crippen molar-refractivity contribution in [2.75, 3.05) is 6.54 Å². The third-order valence-corrected chi connectivity index (χ3v) is 5.53. The topological polar surface area (TPSA) is 55.1 Å². The second-order valence-corrected chi connectivity index (χ2v) is 7.59. The standard InChI is InChI=1S/C15H26N2O/c1-10(2)13(18)17-15-6-11-3-12(7-15)5-14(4-11,8-15)9-16/h10-12H,3-9,16H2,1-2H3,(H,17,18). The van der Waals surface area contributed by atoms with Gasteiger partial charge in [-0.1, -0.05) is 13.8 Å². The molecular formula is C15H26N2O. The van der Waals surface area contributed by atoms with E-state index in [0.29, 0.717) is 5.41 Å². The molecule has 0 spiro atoms. The molecular weight excluding hydrogens is 224 g/mol. The molecule has 4 bridgehead atoms. The summed E-state index contributed by atoms with van der Waals surface area (Å²) in [6, 6.07) is 0. The molecule has 4 saturated carbocycles. The van der Waals surface area contributed by atoms with Gasteiger partial charge in [-0.25, -0.2) is 0 Å². The monoisotopic (exact) mass is 250 g/mol. The quantitative estimate of drug-likeness (QED) is 0.805. The van der Waals surface area contributed by atoms with Crippen LogP contribution >= 0.6 is 0 Å². The maximum Gasteiger partial charge on any atom is 0.222 e. The second kappa shape index (κ2) is 3.96. The van der Waals surface area contributed by atoms with Gasteiger partial charge in [0.1, 0.15) is 0 Å². The van der Waals surface area contributed by atoms with Gasteiger partial charge in [-0.05, 0) is 62.3 Å². The van der Waals surface area contributed by atoms with E-state index in [1.165, 1.54) is 32.1 Å². The summed E-state index contributed by atoms with van der Waals surface area (Å²) in [6.07, 6.45) is 7.51. The Kier molecular flexibility index (Phi) is 2.74. The lowest BCUT2D eigenvalue weighted by Crippen LogP contribution is -2.64. The zero-order valence-corrected chi connectivity index (χ0v) is 11.7. The van der Waals surface area contributed by atoms with E-state index in [-0.39, 0.29) is 17.4 Å². The zero-order chi connectivity index (χ0) is 13.0. The molecule has 0 aromatic carbocycles. The van der Waals surface area contributed by atoms with Crippen molar-refractivity contribution in [3.63, 3.8) is 0 Å². The van der Waals surface area contributed by atoms with Crippen LogP contribution in [0.5, 0.6) is 0 Å². The van der Waals surface area contributed by atoms with Crippen LogP contribution in [0.1, 0.15) is 52.4 Å². The molecule has 2 atom stereocenters. The summed E-state index contributed by atoms with van der Waals surface area (Å²) in [5, 5.41) is 3.39. The van der Waals surface area contributed by atoms with Crippen molar-refractivity contribution in [1.82, 2.24) is 5.32 Å². The van der Waals surface area contributed by atoms with Gasteiger partial charge in [0.2, 0.25) is 5.91 Å². The molecule has 0 heterocycles. The lowest BCUT2D eigenvalue weighted by molar-refractivity contribution is -0.133. The average Bonchev–Trinajstić information content (AvgIpc) is 2.26. The van der Waals surface area contributed by atoms with E-state index >= 15 is 0 Å². The number of carbonyl (C=O) groups excluding carboxylic acids is 1. The Morgan fingerprint density at radius 2 is 1.89 bits per heavy atom. The number of hydrogen-bond acceptors (Lipinski definition) is 2. The minimum Gasteiger partial charge on any atom is -0.350 e. The van der Waals surface area contributed by atoms with Gasteiger partial charge in [0.25, 0.3) is 0 Å². The first-order chi connectivity index (χ1) is 8.46. The van der Waals surface area contributed by atoms with Crippen LogP contribution in [0.15, 0.2) is 0 Å². The number of amides is 1. The molecule has 3 heteroatoms. The van der Waals surface area contributed by atoms with Gasteiger partial charge >= 0.3 is 0 Å². The molecule has 0 radical (unpaired) electrons. The van der Waals surface area contributed by atoms with E-state index in [1.54, 1.807) is 0 Å². The molecule has 3 nitrogen and oxygen atoms in total. The first-order valence-electron chi connectivity index (χ1n) is 7.48. The summed E-state index contributed by atoms with van der Waals surface area (Å²) in [6.45, 7) is 4.77. The van der Waals surface area contributed by atoms with Crippen molar-refractivity contribution in [3.8, 4) is 0 Å².